The van der Waals surface area contributed by atoms with E-state index in [0.717, 1.165) is 5.56 Å². The minimum atomic E-state index is -0.207. The molecule has 2 aromatic heterocycles. The fourth-order valence-electron chi connectivity index (χ4n) is 1.37. The fourth-order valence-corrected chi connectivity index (χ4v) is 1.58. The third-order valence-electron chi connectivity index (χ3n) is 2.11. The van der Waals surface area contributed by atoms with Gasteiger partial charge in [0.2, 0.25) is 5.78 Å². The summed E-state index contributed by atoms with van der Waals surface area (Å²) in [5, 5.41) is 0.356. The standard InChI is InChI=1S/C12H9ClN2O/c1-8-5-9(7-14-6-8)12(16)11-10(13)3-2-4-15-11/h2-7H,1H3. The molecule has 0 bridgehead atoms. The minimum absolute atomic E-state index is 0.207. The van der Waals surface area contributed by atoms with Crippen LogP contribution in [0.5, 0.6) is 0 Å². The highest BCUT2D eigenvalue weighted by Gasteiger charge is 2.14. The lowest BCUT2D eigenvalue weighted by atomic mass is 10.1. The Kier molecular flexibility index (Phi) is 2.97. The number of ketones is 1. The molecule has 0 unspecified atom stereocenters. The van der Waals surface area contributed by atoms with E-state index < -0.39 is 0 Å². The van der Waals surface area contributed by atoms with Crippen LogP contribution >= 0.6 is 11.6 Å². The molecule has 2 heterocycles. The van der Waals surface area contributed by atoms with Crippen LogP contribution in [0.25, 0.3) is 0 Å². The smallest absolute Gasteiger partial charge is 0.214 e. The SMILES string of the molecule is Cc1cncc(C(=O)c2ncccc2Cl)c1. The minimum Gasteiger partial charge on any atom is -0.287 e. The van der Waals surface area contributed by atoms with Crippen molar-refractivity contribution in [1.82, 2.24) is 9.97 Å². The van der Waals surface area contributed by atoms with Crippen LogP contribution in [-0.2, 0) is 0 Å². The van der Waals surface area contributed by atoms with Crippen molar-refractivity contribution < 1.29 is 4.79 Å². The first kappa shape index (κ1) is 10.8. The highest BCUT2D eigenvalue weighted by Crippen LogP contribution is 2.16. The zero-order valence-corrected chi connectivity index (χ0v) is 9.40. The van der Waals surface area contributed by atoms with Gasteiger partial charge in [-0.1, -0.05) is 11.6 Å². The van der Waals surface area contributed by atoms with Crippen LogP contribution in [0, 0.1) is 6.92 Å². The Labute approximate surface area is 98.1 Å². The molecule has 0 aliphatic rings. The largest absolute Gasteiger partial charge is 0.287 e. The van der Waals surface area contributed by atoms with Gasteiger partial charge in [0, 0.05) is 24.2 Å². The van der Waals surface area contributed by atoms with Crippen molar-refractivity contribution in [3.8, 4) is 0 Å². The molecule has 3 nitrogen and oxygen atoms in total. The molecule has 2 aromatic rings. The second-order valence-corrected chi connectivity index (χ2v) is 3.82. The lowest BCUT2D eigenvalue weighted by Gasteiger charge is -2.02. The summed E-state index contributed by atoms with van der Waals surface area (Å²) in [5.74, 6) is -0.207. The van der Waals surface area contributed by atoms with Crippen molar-refractivity contribution in [2.75, 3.05) is 0 Å². The van der Waals surface area contributed by atoms with Gasteiger partial charge < -0.3 is 0 Å². The summed E-state index contributed by atoms with van der Waals surface area (Å²) < 4.78 is 0. The number of carbonyl (C=O) groups excluding carboxylic acids is 1. The number of aromatic nitrogens is 2. The molecule has 0 aliphatic carbocycles. The van der Waals surface area contributed by atoms with E-state index in [0.29, 0.717) is 10.6 Å². The van der Waals surface area contributed by atoms with E-state index in [4.69, 9.17) is 11.6 Å². The van der Waals surface area contributed by atoms with Crippen LogP contribution in [0.2, 0.25) is 5.02 Å². The van der Waals surface area contributed by atoms with Gasteiger partial charge in [-0.05, 0) is 30.7 Å². The number of pyridine rings is 2. The Morgan fingerprint density at radius 2 is 2.19 bits per heavy atom. The monoisotopic (exact) mass is 232 g/mol. The van der Waals surface area contributed by atoms with E-state index in [9.17, 15) is 4.79 Å². The number of carbonyl (C=O) groups is 1. The fraction of sp³-hybridized carbons (Fsp3) is 0.0833. The van der Waals surface area contributed by atoms with Gasteiger partial charge in [0.25, 0.3) is 0 Å². The van der Waals surface area contributed by atoms with Crippen molar-refractivity contribution in [1.29, 1.82) is 0 Å². The molecule has 0 radical (unpaired) electrons. The normalized spacial score (nSPS) is 10.1. The third kappa shape index (κ3) is 2.09. The van der Waals surface area contributed by atoms with Gasteiger partial charge >= 0.3 is 0 Å². The number of halogens is 1. The average molecular weight is 233 g/mol. The molecule has 0 amide bonds. The Hall–Kier alpha value is -1.74. The van der Waals surface area contributed by atoms with Crippen LogP contribution < -0.4 is 0 Å². The van der Waals surface area contributed by atoms with E-state index in [-0.39, 0.29) is 11.5 Å². The molecule has 0 saturated heterocycles. The van der Waals surface area contributed by atoms with E-state index in [1.165, 1.54) is 6.20 Å². The molecule has 2 rings (SSSR count). The summed E-state index contributed by atoms with van der Waals surface area (Å²) in [5.41, 5.74) is 1.69. The molecule has 80 valence electrons. The predicted molar refractivity (Wildman–Crippen MR) is 61.7 cm³/mol. The number of hydrogen-bond donors (Lipinski definition) is 0. The molecule has 0 atom stereocenters. The van der Waals surface area contributed by atoms with Crippen molar-refractivity contribution in [3.63, 3.8) is 0 Å². The van der Waals surface area contributed by atoms with Gasteiger partial charge in [0.05, 0.1) is 5.02 Å². The van der Waals surface area contributed by atoms with Crippen LogP contribution in [-0.4, -0.2) is 15.8 Å². The van der Waals surface area contributed by atoms with Gasteiger partial charge in [-0.2, -0.15) is 0 Å². The zero-order valence-electron chi connectivity index (χ0n) is 8.64. The number of rotatable bonds is 2. The second-order valence-electron chi connectivity index (χ2n) is 3.41. The van der Waals surface area contributed by atoms with E-state index in [1.807, 2.05) is 6.92 Å². The first-order valence-corrected chi connectivity index (χ1v) is 5.13. The summed E-state index contributed by atoms with van der Waals surface area (Å²) in [7, 11) is 0. The summed E-state index contributed by atoms with van der Waals surface area (Å²) in [6.07, 6.45) is 4.75. The molecule has 0 spiro atoms. The maximum atomic E-state index is 12.0. The molecule has 0 aliphatic heterocycles. The van der Waals surface area contributed by atoms with Crippen LogP contribution in [0.4, 0.5) is 0 Å². The summed E-state index contributed by atoms with van der Waals surface area (Å²) in [6.45, 7) is 1.88. The lowest BCUT2D eigenvalue weighted by Crippen LogP contribution is -2.05. The average Bonchev–Trinajstić information content (AvgIpc) is 2.29. The zero-order chi connectivity index (χ0) is 11.5. The predicted octanol–water partition coefficient (Wildman–Crippen LogP) is 2.67. The maximum absolute atomic E-state index is 12.0. The first-order valence-electron chi connectivity index (χ1n) is 4.75. The molecule has 0 aromatic carbocycles. The molecule has 0 saturated carbocycles. The van der Waals surface area contributed by atoms with Crippen molar-refractivity contribution >= 4 is 17.4 Å². The van der Waals surface area contributed by atoms with Crippen molar-refractivity contribution in [2.45, 2.75) is 6.92 Å². The van der Waals surface area contributed by atoms with Gasteiger partial charge in [-0.15, -0.1) is 0 Å². The van der Waals surface area contributed by atoms with Gasteiger partial charge in [-0.3, -0.25) is 14.8 Å². The number of aryl methyl sites for hydroxylation is 1. The van der Waals surface area contributed by atoms with Crippen LogP contribution in [0.1, 0.15) is 21.6 Å². The Morgan fingerprint density at radius 3 is 2.88 bits per heavy atom. The topological polar surface area (TPSA) is 42.9 Å². The Bertz CT molecular complexity index is 540. The van der Waals surface area contributed by atoms with E-state index >= 15 is 0 Å². The van der Waals surface area contributed by atoms with Crippen LogP contribution in [0.15, 0.2) is 36.8 Å². The third-order valence-corrected chi connectivity index (χ3v) is 2.42. The molecular formula is C12H9ClN2O. The van der Waals surface area contributed by atoms with E-state index in [1.54, 1.807) is 30.6 Å². The summed E-state index contributed by atoms with van der Waals surface area (Å²) >= 11 is 5.91. The summed E-state index contributed by atoms with van der Waals surface area (Å²) in [6, 6.07) is 5.10. The van der Waals surface area contributed by atoms with E-state index in [2.05, 4.69) is 9.97 Å². The Balaban J connectivity index is 2.44. The second kappa shape index (κ2) is 4.41. The first-order chi connectivity index (χ1) is 7.68. The maximum Gasteiger partial charge on any atom is 0.214 e. The van der Waals surface area contributed by atoms with Crippen LogP contribution in [0.3, 0.4) is 0 Å². The molecule has 0 fully saturated rings. The lowest BCUT2D eigenvalue weighted by molar-refractivity contribution is 0.103. The van der Waals surface area contributed by atoms with Crippen molar-refractivity contribution in [3.05, 3.63) is 58.6 Å². The summed E-state index contributed by atoms with van der Waals surface area (Å²) in [4.78, 5) is 20.0. The number of hydrogen-bond acceptors (Lipinski definition) is 3. The molecule has 16 heavy (non-hydrogen) atoms. The Morgan fingerprint density at radius 1 is 1.38 bits per heavy atom. The highest BCUT2D eigenvalue weighted by atomic mass is 35.5. The quantitative estimate of drug-likeness (QED) is 0.748. The van der Waals surface area contributed by atoms with Gasteiger partial charge in [-0.25, -0.2) is 0 Å². The highest BCUT2D eigenvalue weighted by molar-refractivity contribution is 6.34. The molecular weight excluding hydrogens is 224 g/mol. The van der Waals surface area contributed by atoms with Crippen molar-refractivity contribution in [2.24, 2.45) is 0 Å². The number of nitrogens with zero attached hydrogens (tertiary/aromatic N) is 2. The van der Waals surface area contributed by atoms with Gasteiger partial charge in [0.1, 0.15) is 5.69 Å². The molecule has 4 heteroatoms. The molecule has 0 N–H and O–H groups in total. The van der Waals surface area contributed by atoms with Gasteiger partial charge in [0.15, 0.2) is 0 Å².